The number of hydrogen-bond acceptors (Lipinski definition) is 5. The van der Waals surface area contributed by atoms with Gasteiger partial charge in [0.05, 0.1) is 11.4 Å². The molecule has 4 aromatic heterocycles. The van der Waals surface area contributed by atoms with Gasteiger partial charge >= 0.3 is 0 Å². The lowest BCUT2D eigenvalue weighted by Crippen LogP contribution is -1.96. The summed E-state index contributed by atoms with van der Waals surface area (Å²) in [7, 11) is 0. The van der Waals surface area contributed by atoms with Crippen LogP contribution in [0.15, 0.2) is 197 Å². The van der Waals surface area contributed by atoms with E-state index in [0.29, 0.717) is 5.82 Å². The van der Waals surface area contributed by atoms with Crippen LogP contribution in [-0.4, -0.2) is 15.0 Å². The van der Waals surface area contributed by atoms with Crippen LogP contribution in [0.5, 0.6) is 0 Å². The third-order valence-electron chi connectivity index (χ3n) is 10.7. The fraction of sp³-hybridized carbons (Fsp3) is 0. The van der Waals surface area contributed by atoms with Crippen molar-refractivity contribution in [2.75, 3.05) is 0 Å². The lowest BCUT2D eigenvalue weighted by Gasteiger charge is -2.12. The van der Waals surface area contributed by atoms with E-state index in [1.54, 1.807) is 0 Å². The molecule has 0 bridgehead atoms. The third-order valence-corrected chi connectivity index (χ3v) is 10.7. The molecule has 7 aromatic carbocycles. The highest BCUT2D eigenvalue weighted by Gasteiger charge is 2.20. The standard InChI is InChI=1S/C51H31N3O2/c1-2-9-37(10-3-1)51-53-43(35-21-17-32(18-22-35)33-27-29-52-30-28-33)31-44(54-51)36-23-19-34(20-24-36)38-25-26-40(49-42-12-5-7-15-46(42)56-50(38)49)39-13-8-16-47-48(39)41-11-4-6-14-45(41)55-47/h1-31H. The number of hydrogen-bond donors (Lipinski definition) is 0. The molecule has 0 aliphatic rings. The molecule has 4 heterocycles. The summed E-state index contributed by atoms with van der Waals surface area (Å²) in [6, 6.07) is 60.6. The Bertz CT molecular complexity index is 3220. The Morgan fingerprint density at radius 1 is 0.339 bits per heavy atom. The SMILES string of the molecule is c1ccc(-c2nc(-c3ccc(-c4ccncc4)cc3)cc(-c3ccc(-c4ccc(-c5cccc6oc7ccccc7c56)c5c4oc4ccccc45)cc3)n2)cc1. The summed E-state index contributed by atoms with van der Waals surface area (Å²) in [5, 5.41) is 4.37. The number of benzene rings is 7. The average molecular weight is 718 g/mol. The van der Waals surface area contributed by atoms with Crippen LogP contribution in [0.2, 0.25) is 0 Å². The Labute approximate surface area is 322 Å². The first-order chi connectivity index (χ1) is 27.7. The predicted octanol–water partition coefficient (Wildman–Crippen LogP) is 13.7. The summed E-state index contributed by atoms with van der Waals surface area (Å²) in [5.74, 6) is 0.681. The maximum atomic E-state index is 6.71. The second-order valence-electron chi connectivity index (χ2n) is 14.0. The molecule has 0 radical (unpaired) electrons. The van der Waals surface area contributed by atoms with Gasteiger partial charge < -0.3 is 8.83 Å². The number of para-hydroxylation sites is 2. The van der Waals surface area contributed by atoms with Crippen molar-refractivity contribution in [1.29, 1.82) is 0 Å². The van der Waals surface area contributed by atoms with Crippen molar-refractivity contribution in [3.05, 3.63) is 188 Å². The van der Waals surface area contributed by atoms with Crippen LogP contribution in [0.1, 0.15) is 0 Å². The molecule has 0 fully saturated rings. The van der Waals surface area contributed by atoms with Gasteiger partial charge in [0.25, 0.3) is 0 Å². The van der Waals surface area contributed by atoms with E-state index in [0.717, 1.165) is 105 Å². The van der Waals surface area contributed by atoms with Crippen LogP contribution >= 0.6 is 0 Å². The zero-order chi connectivity index (χ0) is 37.0. The first-order valence-corrected chi connectivity index (χ1v) is 18.7. The van der Waals surface area contributed by atoms with Crippen LogP contribution in [-0.2, 0) is 0 Å². The molecular weight excluding hydrogens is 687 g/mol. The van der Waals surface area contributed by atoms with E-state index >= 15 is 0 Å². The van der Waals surface area contributed by atoms with E-state index in [1.165, 1.54) is 0 Å². The molecule has 0 saturated heterocycles. The quantitative estimate of drug-likeness (QED) is 0.171. The minimum absolute atomic E-state index is 0.681. The van der Waals surface area contributed by atoms with Gasteiger partial charge in [-0.2, -0.15) is 0 Å². The van der Waals surface area contributed by atoms with Crippen LogP contribution in [0, 0.1) is 0 Å². The van der Waals surface area contributed by atoms with E-state index in [-0.39, 0.29) is 0 Å². The van der Waals surface area contributed by atoms with Crippen LogP contribution in [0.4, 0.5) is 0 Å². The summed E-state index contributed by atoms with van der Waals surface area (Å²) in [6.45, 7) is 0. The number of furan rings is 2. The normalized spacial score (nSPS) is 11.6. The number of rotatable bonds is 6. The minimum Gasteiger partial charge on any atom is -0.456 e. The van der Waals surface area contributed by atoms with Gasteiger partial charge in [-0.3, -0.25) is 4.98 Å². The summed E-state index contributed by atoms with van der Waals surface area (Å²) >= 11 is 0. The zero-order valence-corrected chi connectivity index (χ0v) is 30.1. The summed E-state index contributed by atoms with van der Waals surface area (Å²) in [5.41, 5.74) is 14.7. The van der Waals surface area contributed by atoms with Gasteiger partial charge in [0.1, 0.15) is 22.3 Å². The minimum atomic E-state index is 0.681. The molecular formula is C51H31N3O2. The van der Waals surface area contributed by atoms with Crippen molar-refractivity contribution < 1.29 is 8.83 Å². The van der Waals surface area contributed by atoms with Gasteiger partial charge in [-0.15, -0.1) is 0 Å². The van der Waals surface area contributed by atoms with Crippen molar-refractivity contribution in [2.24, 2.45) is 0 Å². The molecule has 0 spiro atoms. The lowest BCUT2D eigenvalue weighted by atomic mass is 9.92. The Morgan fingerprint density at radius 3 is 1.59 bits per heavy atom. The maximum Gasteiger partial charge on any atom is 0.160 e. The Balaban J connectivity index is 1.02. The molecule has 0 aliphatic heterocycles. The molecule has 0 amide bonds. The fourth-order valence-electron chi connectivity index (χ4n) is 7.94. The predicted molar refractivity (Wildman–Crippen MR) is 227 cm³/mol. The molecule has 11 aromatic rings. The van der Waals surface area contributed by atoms with E-state index in [1.807, 2.05) is 73.1 Å². The van der Waals surface area contributed by atoms with Gasteiger partial charge in [-0.1, -0.05) is 133 Å². The van der Waals surface area contributed by atoms with Crippen LogP contribution in [0.25, 0.3) is 111 Å². The average Bonchev–Trinajstić information content (AvgIpc) is 3.86. The van der Waals surface area contributed by atoms with Crippen LogP contribution in [0.3, 0.4) is 0 Å². The number of nitrogens with zero attached hydrogens (tertiary/aromatic N) is 3. The Morgan fingerprint density at radius 2 is 0.875 bits per heavy atom. The summed E-state index contributed by atoms with van der Waals surface area (Å²) in [6.07, 6.45) is 3.63. The highest BCUT2D eigenvalue weighted by molar-refractivity contribution is 6.21. The maximum absolute atomic E-state index is 6.71. The molecule has 0 atom stereocenters. The molecule has 11 rings (SSSR count). The fourth-order valence-corrected chi connectivity index (χ4v) is 7.94. The van der Waals surface area contributed by atoms with Gasteiger partial charge in [0.2, 0.25) is 0 Å². The number of fused-ring (bicyclic) bond motifs is 6. The molecule has 0 unspecified atom stereocenters. The van der Waals surface area contributed by atoms with E-state index in [4.69, 9.17) is 18.8 Å². The monoisotopic (exact) mass is 717 g/mol. The van der Waals surface area contributed by atoms with E-state index in [2.05, 4.69) is 120 Å². The van der Waals surface area contributed by atoms with Gasteiger partial charge in [0.15, 0.2) is 5.82 Å². The molecule has 5 nitrogen and oxygen atoms in total. The molecule has 262 valence electrons. The van der Waals surface area contributed by atoms with Crippen molar-refractivity contribution in [1.82, 2.24) is 15.0 Å². The first-order valence-electron chi connectivity index (χ1n) is 18.7. The summed E-state index contributed by atoms with van der Waals surface area (Å²) < 4.78 is 13.0. The number of aromatic nitrogens is 3. The van der Waals surface area contributed by atoms with E-state index < -0.39 is 0 Å². The van der Waals surface area contributed by atoms with Gasteiger partial charge in [0, 0.05) is 56.2 Å². The van der Waals surface area contributed by atoms with Gasteiger partial charge in [-0.25, -0.2) is 9.97 Å². The van der Waals surface area contributed by atoms with Crippen molar-refractivity contribution in [3.63, 3.8) is 0 Å². The Kier molecular flexibility index (Phi) is 7.42. The van der Waals surface area contributed by atoms with Crippen LogP contribution < -0.4 is 0 Å². The number of pyridine rings is 1. The first kappa shape index (κ1) is 31.9. The molecule has 0 N–H and O–H groups in total. The highest BCUT2D eigenvalue weighted by atomic mass is 16.3. The van der Waals surface area contributed by atoms with Crippen molar-refractivity contribution in [3.8, 4) is 67.3 Å². The molecule has 5 heteroatoms. The second kappa shape index (κ2) is 13.0. The lowest BCUT2D eigenvalue weighted by molar-refractivity contribution is 0.668. The molecule has 0 aliphatic carbocycles. The highest BCUT2D eigenvalue weighted by Crippen LogP contribution is 2.45. The smallest absolute Gasteiger partial charge is 0.160 e. The summed E-state index contributed by atoms with van der Waals surface area (Å²) in [4.78, 5) is 14.3. The van der Waals surface area contributed by atoms with Crippen molar-refractivity contribution >= 4 is 43.9 Å². The van der Waals surface area contributed by atoms with Gasteiger partial charge in [-0.05, 0) is 70.3 Å². The Hall–Kier alpha value is -7.63. The van der Waals surface area contributed by atoms with E-state index in [9.17, 15) is 0 Å². The third kappa shape index (κ3) is 5.37. The zero-order valence-electron chi connectivity index (χ0n) is 30.1. The molecule has 0 saturated carbocycles. The second-order valence-corrected chi connectivity index (χ2v) is 14.0. The topological polar surface area (TPSA) is 65.0 Å². The molecule has 56 heavy (non-hydrogen) atoms. The van der Waals surface area contributed by atoms with Crippen molar-refractivity contribution in [2.45, 2.75) is 0 Å². The largest absolute Gasteiger partial charge is 0.456 e.